The van der Waals surface area contributed by atoms with Crippen molar-refractivity contribution in [2.24, 2.45) is 11.8 Å². The van der Waals surface area contributed by atoms with E-state index in [0.29, 0.717) is 0 Å². The summed E-state index contributed by atoms with van der Waals surface area (Å²) in [6.45, 7) is 0. The van der Waals surface area contributed by atoms with E-state index in [1.807, 2.05) is 12.1 Å². The number of hydrogen-bond acceptors (Lipinski definition) is 2. The Morgan fingerprint density at radius 1 is 0.571 bits per heavy atom. The van der Waals surface area contributed by atoms with Gasteiger partial charge in [-0.3, -0.25) is 0 Å². The fourth-order valence-corrected chi connectivity index (χ4v) is 10.8. The van der Waals surface area contributed by atoms with Gasteiger partial charge in [0.05, 0.1) is 11.1 Å². The van der Waals surface area contributed by atoms with Gasteiger partial charge in [0.15, 0.2) is 0 Å². The van der Waals surface area contributed by atoms with Crippen LogP contribution in [0.2, 0.25) is 0 Å². The predicted octanol–water partition coefficient (Wildman–Crippen LogP) is 15.5. The average molecular weight is 804 g/mol. The highest BCUT2D eigenvalue weighted by Gasteiger charge is 2.57. The summed E-state index contributed by atoms with van der Waals surface area (Å²) in [6.07, 6.45) is 12.9. The monoisotopic (exact) mass is 803 g/mol. The molecule has 0 spiro atoms. The largest absolute Gasteiger partial charge is 0.455 e. The van der Waals surface area contributed by atoms with Crippen molar-refractivity contribution in [2.45, 2.75) is 18.3 Å². The number of para-hydroxylation sites is 2. The Hall–Kier alpha value is -8.04. The van der Waals surface area contributed by atoms with Crippen molar-refractivity contribution in [3.8, 4) is 45.2 Å². The molecular formula is C61H41NO. The molecule has 0 radical (unpaired) electrons. The molecule has 3 aliphatic rings. The van der Waals surface area contributed by atoms with Crippen molar-refractivity contribution >= 4 is 44.6 Å². The average Bonchev–Trinajstić information content (AvgIpc) is 3.91. The molecule has 63 heavy (non-hydrogen) atoms. The third-order valence-corrected chi connectivity index (χ3v) is 13.5. The molecule has 0 aliphatic heterocycles. The fraction of sp³-hybridized carbons (Fsp3) is 0.0820. The van der Waals surface area contributed by atoms with Crippen LogP contribution in [0.15, 0.2) is 217 Å². The lowest BCUT2D eigenvalue weighted by Gasteiger charge is -2.42. The van der Waals surface area contributed by atoms with Gasteiger partial charge in [-0.25, -0.2) is 0 Å². The van der Waals surface area contributed by atoms with E-state index in [0.717, 1.165) is 68.5 Å². The summed E-state index contributed by atoms with van der Waals surface area (Å²) >= 11 is 0. The first-order chi connectivity index (χ1) is 31.3. The minimum Gasteiger partial charge on any atom is -0.455 e. The third kappa shape index (κ3) is 5.91. The SMILES string of the molecule is C1#CC(C2(c3c#cccc3)c3c(-c4cccc5c4oc4ccccc45)ccc(N(c4ccc(-c5ccccc5)cc4)c4ccc(-c5ccccc5)cc4)c3C3=CC=CCC32)CC=C1. The number of allylic oxidation sites excluding steroid dienone is 6. The number of rotatable bonds is 8. The predicted molar refractivity (Wildman–Crippen MR) is 260 cm³/mol. The topological polar surface area (TPSA) is 16.4 Å². The van der Waals surface area contributed by atoms with Gasteiger partial charge in [-0.2, -0.15) is 0 Å². The van der Waals surface area contributed by atoms with E-state index in [2.05, 4.69) is 229 Å². The first kappa shape index (κ1) is 36.8. The molecule has 12 rings (SSSR count). The maximum atomic E-state index is 6.86. The van der Waals surface area contributed by atoms with Crippen LogP contribution in [0.1, 0.15) is 29.5 Å². The highest BCUT2D eigenvalue weighted by atomic mass is 16.3. The number of hydrogen-bond donors (Lipinski definition) is 0. The standard InChI is InChI=1S/C61H41NO/c1-5-18-42(19-6-1)44-32-36-48(37-33-44)62(49-38-34-45(35-39-49)43-20-7-2-8-21-43)56-41-40-51(53-29-17-28-52-50-26-14-16-31-57(50)63-60(52)53)59-58(56)54-27-13-15-30-55(54)61(59,46-22-9-3-10-23-46)47-24-11-4-12-25-47/h1-9,11,13-22,26-29,31-41,47,55H,24,30H2. The van der Waals surface area contributed by atoms with Crippen LogP contribution in [0, 0.1) is 35.8 Å². The van der Waals surface area contributed by atoms with Crippen LogP contribution in [0.4, 0.5) is 17.1 Å². The van der Waals surface area contributed by atoms with Gasteiger partial charge < -0.3 is 9.32 Å². The van der Waals surface area contributed by atoms with Gasteiger partial charge in [-0.15, -0.1) is 0 Å². The molecule has 0 bridgehead atoms. The van der Waals surface area contributed by atoms with Gasteiger partial charge in [-0.1, -0.05) is 182 Å². The Labute approximate surface area is 368 Å². The fourth-order valence-electron chi connectivity index (χ4n) is 10.8. The Morgan fingerprint density at radius 3 is 1.94 bits per heavy atom. The smallest absolute Gasteiger partial charge is 0.143 e. The van der Waals surface area contributed by atoms with Crippen molar-refractivity contribution in [1.82, 2.24) is 0 Å². The molecule has 3 atom stereocenters. The van der Waals surface area contributed by atoms with Gasteiger partial charge in [0, 0.05) is 50.7 Å². The van der Waals surface area contributed by atoms with Crippen molar-refractivity contribution in [3.63, 3.8) is 0 Å². The first-order valence-corrected chi connectivity index (χ1v) is 21.9. The molecule has 9 aromatic rings. The van der Waals surface area contributed by atoms with E-state index < -0.39 is 5.41 Å². The Kier molecular flexibility index (Phi) is 8.84. The van der Waals surface area contributed by atoms with Crippen LogP contribution in [-0.4, -0.2) is 0 Å². The van der Waals surface area contributed by atoms with Gasteiger partial charge >= 0.3 is 0 Å². The molecule has 0 fully saturated rings. The zero-order valence-electron chi connectivity index (χ0n) is 34.6. The first-order valence-electron chi connectivity index (χ1n) is 21.9. The second-order valence-corrected chi connectivity index (χ2v) is 16.7. The van der Waals surface area contributed by atoms with E-state index in [1.165, 1.54) is 39.0 Å². The second-order valence-electron chi connectivity index (χ2n) is 16.7. The number of furan rings is 1. The summed E-state index contributed by atoms with van der Waals surface area (Å²) in [6, 6.07) is 72.5. The zero-order chi connectivity index (χ0) is 41.7. The molecule has 0 N–H and O–H groups in total. The lowest BCUT2D eigenvalue weighted by atomic mass is 9.58. The van der Waals surface area contributed by atoms with Crippen molar-refractivity contribution in [2.75, 3.05) is 4.90 Å². The minimum absolute atomic E-state index is 0.0247. The van der Waals surface area contributed by atoms with Gasteiger partial charge in [0.2, 0.25) is 0 Å². The minimum atomic E-state index is -0.568. The maximum Gasteiger partial charge on any atom is 0.143 e. The van der Waals surface area contributed by atoms with E-state index >= 15 is 0 Å². The van der Waals surface area contributed by atoms with Gasteiger partial charge in [-0.05, 0) is 106 Å². The molecule has 8 aromatic carbocycles. The second kappa shape index (κ2) is 15.1. The van der Waals surface area contributed by atoms with Crippen LogP contribution < -0.4 is 4.90 Å². The molecule has 3 unspecified atom stereocenters. The molecule has 3 aliphatic carbocycles. The molecule has 0 amide bonds. The number of fused-ring (bicyclic) bond motifs is 6. The zero-order valence-corrected chi connectivity index (χ0v) is 34.6. The number of anilines is 3. The summed E-state index contributed by atoms with van der Waals surface area (Å²) in [5, 5.41) is 2.23. The van der Waals surface area contributed by atoms with Crippen molar-refractivity contribution < 1.29 is 4.42 Å². The highest BCUT2D eigenvalue weighted by molar-refractivity contribution is 6.11. The number of nitrogens with zero attached hydrogens (tertiary/aromatic N) is 1. The molecule has 0 saturated heterocycles. The third-order valence-electron chi connectivity index (χ3n) is 13.5. The van der Waals surface area contributed by atoms with Crippen LogP contribution in [0.3, 0.4) is 0 Å². The molecule has 296 valence electrons. The van der Waals surface area contributed by atoms with E-state index in [4.69, 9.17) is 4.42 Å². The van der Waals surface area contributed by atoms with Crippen LogP contribution in [0.25, 0.3) is 60.9 Å². The quantitative estimate of drug-likeness (QED) is 0.142. The highest BCUT2D eigenvalue weighted by Crippen LogP contribution is 2.65. The molecule has 0 saturated carbocycles. The van der Waals surface area contributed by atoms with Crippen molar-refractivity contribution in [1.29, 1.82) is 0 Å². The maximum absolute atomic E-state index is 6.86. The Balaban J connectivity index is 1.18. The van der Waals surface area contributed by atoms with Crippen LogP contribution >= 0.6 is 0 Å². The summed E-state index contributed by atoms with van der Waals surface area (Å²) in [4.78, 5) is 2.47. The van der Waals surface area contributed by atoms with Crippen LogP contribution in [-0.2, 0) is 5.41 Å². The Morgan fingerprint density at radius 2 is 1.25 bits per heavy atom. The van der Waals surface area contributed by atoms with E-state index in [9.17, 15) is 0 Å². The molecule has 1 heterocycles. The normalized spacial score (nSPS) is 18.3. The Bertz CT molecular complexity index is 3240. The molecule has 2 nitrogen and oxygen atoms in total. The molecule has 1 aromatic heterocycles. The summed E-state index contributed by atoms with van der Waals surface area (Å²) < 4.78 is 6.86. The van der Waals surface area contributed by atoms with Crippen molar-refractivity contribution in [3.05, 3.63) is 241 Å². The van der Waals surface area contributed by atoms with E-state index in [1.54, 1.807) is 0 Å². The summed E-state index contributed by atoms with van der Waals surface area (Å²) in [5.74, 6) is 7.32. The summed E-state index contributed by atoms with van der Waals surface area (Å²) in [7, 11) is 0. The molecular weight excluding hydrogens is 763 g/mol. The molecule has 2 heteroatoms. The van der Waals surface area contributed by atoms with Gasteiger partial charge in [0.25, 0.3) is 0 Å². The van der Waals surface area contributed by atoms with E-state index in [-0.39, 0.29) is 11.8 Å². The number of benzene rings is 7. The lowest BCUT2D eigenvalue weighted by molar-refractivity contribution is 0.322. The van der Waals surface area contributed by atoms with Gasteiger partial charge in [0.1, 0.15) is 11.2 Å². The van der Waals surface area contributed by atoms with Crippen LogP contribution in [0.5, 0.6) is 0 Å². The lowest BCUT2D eigenvalue weighted by Crippen LogP contribution is -2.41. The summed E-state index contributed by atoms with van der Waals surface area (Å²) in [5.41, 5.74) is 16.4.